The number of aryl methyl sites for hydroxylation is 3. The number of hydrogen-bond donors (Lipinski definition) is 0. The van der Waals surface area contributed by atoms with Gasteiger partial charge in [0.1, 0.15) is 15.7 Å². The van der Waals surface area contributed by atoms with Crippen molar-refractivity contribution in [3.05, 3.63) is 16.3 Å². The summed E-state index contributed by atoms with van der Waals surface area (Å²) in [5, 5.41) is 2.19. The summed E-state index contributed by atoms with van der Waals surface area (Å²) in [7, 11) is 0. The highest BCUT2D eigenvalue weighted by Crippen LogP contribution is 2.39. The van der Waals surface area contributed by atoms with Gasteiger partial charge >= 0.3 is 0 Å². The van der Waals surface area contributed by atoms with Crippen molar-refractivity contribution in [2.75, 3.05) is 18.8 Å². The van der Waals surface area contributed by atoms with E-state index in [2.05, 4.69) is 4.98 Å². The maximum Gasteiger partial charge on any atom is 0.233 e. The van der Waals surface area contributed by atoms with E-state index in [0.717, 1.165) is 28.5 Å². The van der Waals surface area contributed by atoms with Gasteiger partial charge in [0.05, 0.1) is 18.0 Å². The largest absolute Gasteiger partial charge is 0.372 e. The number of hydrogen-bond acceptors (Lipinski definition) is 6. The molecule has 7 heteroatoms. The molecule has 0 N–H and O–H groups in total. The summed E-state index contributed by atoms with van der Waals surface area (Å²) in [6, 6.07) is 0. The molecule has 0 bridgehead atoms. The minimum atomic E-state index is 0.101. The van der Waals surface area contributed by atoms with Crippen molar-refractivity contribution in [3.63, 3.8) is 0 Å². The summed E-state index contributed by atoms with van der Waals surface area (Å²) in [6.07, 6.45) is 4.97. The van der Waals surface area contributed by atoms with Crippen LogP contribution >= 0.6 is 23.1 Å². The molecule has 0 unspecified atom stereocenters. The zero-order chi connectivity index (χ0) is 18.3. The van der Waals surface area contributed by atoms with E-state index in [1.165, 1.54) is 28.7 Å². The van der Waals surface area contributed by atoms with Crippen LogP contribution in [0.4, 0.5) is 0 Å². The smallest absolute Gasteiger partial charge is 0.233 e. The maximum atomic E-state index is 12.7. The van der Waals surface area contributed by atoms with Crippen LogP contribution in [0.1, 0.15) is 43.0 Å². The van der Waals surface area contributed by atoms with Crippen LogP contribution in [0, 0.1) is 6.92 Å². The topological polar surface area (TPSA) is 55.3 Å². The summed E-state index contributed by atoms with van der Waals surface area (Å²) in [5.41, 5.74) is 1.43. The standard InChI is InChI=1S/C19H25N3O2S2/c1-11-8-22(9-12(2)24-11)16(23)10-25-18-17-14-6-4-5-7-15(14)26-19(17)21-13(3)20-18/h11-12H,4-10H2,1-3H3/t11-,12-/m1/s1. The molecule has 1 amide bonds. The number of carbonyl (C=O) groups excluding carboxylic acids is 1. The lowest BCUT2D eigenvalue weighted by Gasteiger charge is -2.35. The highest BCUT2D eigenvalue weighted by atomic mass is 32.2. The first kappa shape index (κ1) is 18.2. The molecule has 1 aliphatic carbocycles. The van der Waals surface area contributed by atoms with Gasteiger partial charge in [-0.25, -0.2) is 9.97 Å². The molecule has 0 aromatic carbocycles. The molecule has 1 fully saturated rings. The highest BCUT2D eigenvalue weighted by molar-refractivity contribution is 8.00. The minimum Gasteiger partial charge on any atom is -0.372 e. The van der Waals surface area contributed by atoms with E-state index in [1.807, 2.05) is 37.0 Å². The van der Waals surface area contributed by atoms with Crippen LogP contribution in [0.25, 0.3) is 10.2 Å². The summed E-state index contributed by atoms with van der Waals surface area (Å²) < 4.78 is 5.73. The van der Waals surface area contributed by atoms with Crippen molar-refractivity contribution >= 4 is 39.2 Å². The Bertz CT molecular complexity index is 826. The molecule has 1 saturated heterocycles. The average Bonchev–Trinajstić information content (AvgIpc) is 2.96. The number of aromatic nitrogens is 2. The lowest BCUT2D eigenvalue weighted by Crippen LogP contribution is -2.48. The monoisotopic (exact) mass is 391 g/mol. The second-order valence-corrected chi connectivity index (χ2v) is 9.36. The fraction of sp³-hybridized carbons (Fsp3) is 0.632. The summed E-state index contributed by atoms with van der Waals surface area (Å²) in [5.74, 6) is 1.39. The lowest BCUT2D eigenvalue weighted by molar-refractivity contribution is -0.140. The van der Waals surface area contributed by atoms with Gasteiger partial charge in [-0.1, -0.05) is 11.8 Å². The van der Waals surface area contributed by atoms with Crippen molar-refractivity contribution in [2.45, 2.75) is 63.7 Å². The van der Waals surface area contributed by atoms with E-state index < -0.39 is 0 Å². The number of nitrogens with zero attached hydrogens (tertiary/aromatic N) is 3. The van der Waals surface area contributed by atoms with Gasteiger partial charge in [0.15, 0.2) is 0 Å². The number of amides is 1. The van der Waals surface area contributed by atoms with E-state index in [9.17, 15) is 4.79 Å². The average molecular weight is 392 g/mol. The van der Waals surface area contributed by atoms with E-state index in [0.29, 0.717) is 18.8 Å². The Balaban J connectivity index is 1.55. The van der Waals surface area contributed by atoms with Crippen LogP contribution in [0.2, 0.25) is 0 Å². The van der Waals surface area contributed by atoms with Gasteiger partial charge in [-0.3, -0.25) is 4.79 Å². The second kappa shape index (κ2) is 7.44. The first-order valence-corrected chi connectivity index (χ1v) is 11.2. The molecule has 2 aliphatic rings. The molecule has 0 radical (unpaired) electrons. The zero-order valence-electron chi connectivity index (χ0n) is 15.6. The fourth-order valence-electron chi connectivity index (χ4n) is 3.93. The molecule has 1 aliphatic heterocycles. The highest BCUT2D eigenvalue weighted by Gasteiger charge is 2.27. The predicted octanol–water partition coefficient (Wildman–Crippen LogP) is 3.61. The van der Waals surface area contributed by atoms with E-state index >= 15 is 0 Å². The van der Waals surface area contributed by atoms with Crippen molar-refractivity contribution in [1.29, 1.82) is 0 Å². The van der Waals surface area contributed by atoms with Gasteiger partial charge in [0.2, 0.25) is 5.91 Å². The third-order valence-corrected chi connectivity index (χ3v) is 7.14. The van der Waals surface area contributed by atoms with Crippen LogP contribution in [0.3, 0.4) is 0 Å². The van der Waals surface area contributed by atoms with Gasteiger partial charge in [0, 0.05) is 23.4 Å². The summed E-state index contributed by atoms with van der Waals surface area (Å²) >= 11 is 3.38. The third-order valence-electron chi connectivity index (χ3n) is 5.00. The van der Waals surface area contributed by atoms with Gasteiger partial charge in [-0.2, -0.15) is 0 Å². The van der Waals surface area contributed by atoms with Crippen molar-refractivity contribution in [2.24, 2.45) is 0 Å². The number of fused-ring (bicyclic) bond motifs is 3. The summed E-state index contributed by atoms with van der Waals surface area (Å²) in [4.78, 5) is 26.6. The molecule has 4 rings (SSSR count). The molecule has 26 heavy (non-hydrogen) atoms. The predicted molar refractivity (Wildman–Crippen MR) is 106 cm³/mol. The van der Waals surface area contributed by atoms with E-state index in [4.69, 9.17) is 9.72 Å². The van der Waals surface area contributed by atoms with Crippen LogP contribution in [-0.2, 0) is 22.4 Å². The van der Waals surface area contributed by atoms with Crippen LogP contribution in [-0.4, -0.2) is 51.8 Å². The van der Waals surface area contributed by atoms with Crippen LogP contribution < -0.4 is 0 Å². The second-order valence-electron chi connectivity index (χ2n) is 7.31. The minimum absolute atomic E-state index is 0.101. The number of carbonyl (C=O) groups is 1. The van der Waals surface area contributed by atoms with E-state index in [1.54, 1.807) is 11.8 Å². The molecule has 2 aromatic heterocycles. The Labute approximate surface area is 162 Å². The molecule has 3 heterocycles. The molecule has 140 valence electrons. The molecule has 0 spiro atoms. The van der Waals surface area contributed by atoms with Gasteiger partial charge in [-0.15, -0.1) is 11.3 Å². The van der Waals surface area contributed by atoms with E-state index in [-0.39, 0.29) is 18.1 Å². The SMILES string of the molecule is Cc1nc(SCC(=O)N2C[C@@H](C)O[C@H](C)C2)c2c3c(sc2n1)CCCC3. The lowest BCUT2D eigenvalue weighted by atomic mass is 9.97. The normalized spacial score (nSPS) is 23.3. The quantitative estimate of drug-likeness (QED) is 0.591. The first-order chi connectivity index (χ1) is 12.5. The Kier molecular flexibility index (Phi) is 5.21. The van der Waals surface area contributed by atoms with Gasteiger partial charge in [0.25, 0.3) is 0 Å². The number of thioether (sulfide) groups is 1. The van der Waals surface area contributed by atoms with Gasteiger partial charge in [-0.05, 0) is 52.0 Å². The molecule has 2 aromatic rings. The van der Waals surface area contributed by atoms with Gasteiger partial charge < -0.3 is 9.64 Å². The number of thiophene rings is 1. The molecular weight excluding hydrogens is 366 g/mol. The van der Waals surface area contributed by atoms with Crippen LogP contribution in [0.15, 0.2) is 5.03 Å². The third kappa shape index (κ3) is 3.62. The molecule has 0 saturated carbocycles. The fourth-order valence-corrected chi connectivity index (χ4v) is 6.31. The number of rotatable bonds is 3. The van der Waals surface area contributed by atoms with Crippen LogP contribution in [0.5, 0.6) is 0 Å². The Hall–Kier alpha value is -1.18. The molecule has 2 atom stereocenters. The summed E-state index contributed by atoms with van der Waals surface area (Å²) in [6.45, 7) is 7.34. The molecular formula is C19H25N3O2S2. The number of morpholine rings is 1. The van der Waals surface area contributed by atoms with Crippen molar-refractivity contribution in [3.8, 4) is 0 Å². The molecule has 5 nitrogen and oxygen atoms in total. The Morgan fingerprint density at radius 3 is 2.73 bits per heavy atom. The van der Waals surface area contributed by atoms with Crippen molar-refractivity contribution in [1.82, 2.24) is 14.9 Å². The van der Waals surface area contributed by atoms with Crippen molar-refractivity contribution < 1.29 is 9.53 Å². The zero-order valence-corrected chi connectivity index (χ0v) is 17.2. The Morgan fingerprint density at radius 1 is 1.23 bits per heavy atom. The number of ether oxygens (including phenoxy) is 1. The Morgan fingerprint density at radius 2 is 1.96 bits per heavy atom. The first-order valence-electron chi connectivity index (χ1n) is 9.36. The maximum absolute atomic E-state index is 12.7.